The minimum absolute atomic E-state index is 0.214. The summed E-state index contributed by atoms with van der Waals surface area (Å²) >= 11 is 0. The third kappa shape index (κ3) is 3.57. The number of carbonyl (C=O) groups is 1. The number of rotatable bonds is 5. The van der Waals surface area contributed by atoms with Crippen LogP contribution in [0.2, 0.25) is 0 Å². The van der Waals surface area contributed by atoms with E-state index < -0.39 is 10.0 Å². The zero-order valence-electron chi connectivity index (χ0n) is 15.8. The van der Waals surface area contributed by atoms with Gasteiger partial charge in [-0.15, -0.1) is 0 Å². The topological polar surface area (TPSA) is 93.5 Å². The number of morpholine rings is 1. The first kappa shape index (κ1) is 19.1. The van der Waals surface area contributed by atoms with E-state index in [4.69, 9.17) is 4.74 Å². The smallest absolute Gasteiger partial charge is 0.272 e. The van der Waals surface area contributed by atoms with Crippen molar-refractivity contribution >= 4 is 15.9 Å². The number of aromatic nitrogens is 2. The standard InChI is InChI=1S/C19H24N4O4S/c1-2-22-8-7-18(21-22)19(24)20-17-6-4-14-3-5-15(13-16(14)17)28(25,26)23-9-11-27-12-10-23/h3,5,7-8,13,17H,2,4,6,9-12H2,1H3,(H,20,24)/t17-/m0/s1. The maximum atomic E-state index is 12.9. The fraction of sp³-hybridized carbons (Fsp3) is 0.474. The van der Waals surface area contributed by atoms with E-state index in [1.807, 2.05) is 13.0 Å². The van der Waals surface area contributed by atoms with E-state index in [0.29, 0.717) is 38.5 Å². The van der Waals surface area contributed by atoms with Gasteiger partial charge < -0.3 is 10.1 Å². The van der Waals surface area contributed by atoms with E-state index >= 15 is 0 Å². The molecular formula is C19H24N4O4S. The summed E-state index contributed by atoms with van der Waals surface area (Å²) < 4.78 is 34.3. The highest BCUT2D eigenvalue weighted by atomic mass is 32.2. The van der Waals surface area contributed by atoms with Crippen LogP contribution in [0, 0.1) is 0 Å². The second kappa shape index (κ2) is 7.65. The summed E-state index contributed by atoms with van der Waals surface area (Å²) in [6.45, 7) is 4.19. The van der Waals surface area contributed by atoms with Crippen LogP contribution in [0.1, 0.15) is 41.0 Å². The lowest BCUT2D eigenvalue weighted by Gasteiger charge is -2.26. The summed E-state index contributed by atoms with van der Waals surface area (Å²) in [5, 5.41) is 7.24. The predicted molar refractivity (Wildman–Crippen MR) is 102 cm³/mol. The van der Waals surface area contributed by atoms with Crippen LogP contribution < -0.4 is 5.32 Å². The van der Waals surface area contributed by atoms with Gasteiger partial charge in [-0.2, -0.15) is 9.40 Å². The van der Waals surface area contributed by atoms with E-state index in [0.717, 1.165) is 24.0 Å². The number of aryl methyl sites for hydroxylation is 2. The van der Waals surface area contributed by atoms with Crippen LogP contribution in [0.25, 0.3) is 0 Å². The maximum Gasteiger partial charge on any atom is 0.272 e. The highest BCUT2D eigenvalue weighted by Gasteiger charge is 2.30. The number of nitrogens with zero attached hydrogens (tertiary/aromatic N) is 3. The molecule has 1 aliphatic heterocycles. The van der Waals surface area contributed by atoms with Gasteiger partial charge in [-0.3, -0.25) is 9.48 Å². The monoisotopic (exact) mass is 404 g/mol. The Labute approximate surface area is 164 Å². The second-order valence-electron chi connectivity index (χ2n) is 7.00. The minimum Gasteiger partial charge on any atom is -0.379 e. The molecule has 1 amide bonds. The van der Waals surface area contributed by atoms with Crippen LogP contribution in [0.3, 0.4) is 0 Å². The van der Waals surface area contributed by atoms with Crippen molar-refractivity contribution < 1.29 is 17.9 Å². The Kier molecular flexibility index (Phi) is 5.22. The van der Waals surface area contributed by atoms with E-state index in [1.54, 1.807) is 29.1 Å². The molecule has 1 fully saturated rings. The lowest BCUT2D eigenvalue weighted by Crippen LogP contribution is -2.40. The highest BCUT2D eigenvalue weighted by Crippen LogP contribution is 2.33. The van der Waals surface area contributed by atoms with Crippen molar-refractivity contribution in [1.82, 2.24) is 19.4 Å². The van der Waals surface area contributed by atoms with Gasteiger partial charge in [0.1, 0.15) is 5.69 Å². The zero-order valence-corrected chi connectivity index (χ0v) is 16.6. The van der Waals surface area contributed by atoms with E-state index in [1.165, 1.54) is 4.31 Å². The van der Waals surface area contributed by atoms with Crippen molar-refractivity contribution in [3.8, 4) is 0 Å². The molecule has 1 aromatic carbocycles. The third-order valence-electron chi connectivity index (χ3n) is 5.31. The molecule has 0 radical (unpaired) electrons. The summed E-state index contributed by atoms with van der Waals surface area (Å²) in [6, 6.07) is 6.71. The number of amides is 1. The first-order valence-corrected chi connectivity index (χ1v) is 11.0. The molecular weight excluding hydrogens is 380 g/mol. The lowest BCUT2D eigenvalue weighted by atomic mass is 10.1. The zero-order chi connectivity index (χ0) is 19.7. The average Bonchev–Trinajstić information content (AvgIpc) is 3.35. The van der Waals surface area contributed by atoms with Crippen LogP contribution in [0.4, 0.5) is 0 Å². The number of carbonyl (C=O) groups excluding carboxylic acids is 1. The SMILES string of the molecule is CCn1ccc(C(=O)N[C@H]2CCc3ccc(S(=O)(=O)N4CCOCC4)cc32)n1. The van der Waals surface area contributed by atoms with Gasteiger partial charge in [-0.25, -0.2) is 8.42 Å². The number of fused-ring (bicyclic) bond motifs is 1. The Bertz CT molecular complexity index is 980. The molecule has 28 heavy (non-hydrogen) atoms. The summed E-state index contributed by atoms with van der Waals surface area (Å²) in [6.07, 6.45) is 3.32. The van der Waals surface area contributed by atoms with Crippen LogP contribution >= 0.6 is 0 Å². The van der Waals surface area contributed by atoms with Crippen molar-refractivity contribution in [2.75, 3.05) is 26.3 Å². The molecule has 2 aromatic rings. The fourth-order valence-electron chi connectivity index (χ4n) is 3.72. The van der Waals surface area contributed by atoms with Crippen molar-refractivity contribution in [2.24, 2.45) is 0 Å². The van der Waals surface area contributed by atoms with E-state index in [-0.39, 0.29) is 16.8 Å². The molecule has 1 aliphatic carbocycles. The van der Waals surface area contributed by atoms with E-state index in [2.05, 4.69) is 10.4 Å². The first-order valence-electron chi connectivity index (χ1n) is 9.54. The number of nitrogens with one attached hydrogen (secondary N) is 1. The number of hydrogen-bond donors (Lipinski definition) is 1. The Morgan fingerprint density at radius 3 is 2.79 bits per heavy atom. The van der Waals surface area contributed by atoms with Crippen molar-refractivity contribution in [3.63, 3.8) is 0 Å². The largest absolute Gasteiger partial charge is 0.379 e. The normalized spacial score (nSPS) is 20.1. The van der Waals surface area contributed by atoms with Gasteiger partial charge >= 0.3 is 0 Å². The van der Waals surface area contributed by atoms with Gasteiger partial charge in [0.2, 0.25) is 10.0 Å². The Morgan fingerprint density at radius 2 is 2.07 bits per heavy atom. The molecule has 9 heteroatoms. The van der Waals surface area contributed by atoms with Crippen molar-refractivity contribution in [1.29, 1.82) is 0 Å². The molecule has 1 N–H and O–H groups in total. The number of sulfonamides is 1. The van der Waals surface area contributed by atoms with Crippen molar-refractivity contribution in [3.05, 3.63) is 47.3 Å². The molecule has 0 unspecified atom stereocenters. The Hall–Kier alpha value is -2.23. The van der Waals surface area contributed by atoms with Gasteiger partial charge in [-0.1, -0.05) is 6.07 Å². The molecule has 2 aliphatic rings. The predicted octanol–water partition coefficient (Wildman–Crippen LogP) is 1.34. The summed E-state index contributed by atoms with van der Waals surface area (Å²) in [5.74, 6) is -0.244. The molecule has 4 rings (SSSR count). The van der Waals surface area contributed by atoms with Crippen LogP contribution in [-0.4, -0.2) is 54.7 Å². The minimum atomic E-state index is -3.56. The fourth-order valence-corrected chi connectivity index (χ4v) is 5.16. The van der Waals surface area contributed by atoms with Gasteiger partial charge in [-0.05, 0) is 49.1 Å². The van der Waals surface area contributed by atoms with Gasteiger partial charge in [0.15, 0.2) is 0 Å². The van der Waals surface area contributed by atoms with Crippen molar-refractivity contribution in [2.45, 2.75) is 37.2 Å². The number of hydrogen-bond acceptors (Lipinski definition) is 5. The number of benzene rings is 1. The van der Waals surface area contributed by atoms with Crippen LogP contribution in [-0.2, 0) is 27.7 Å². The molecule has 0 bridgehead atoms. The van der Waals surface area contributed by atoms with E-state index in [9.17, 15) is 13.2 Å². The maximum absolute atomic E-state index is 12.9. The average molecular weight is 404 g/mol. The van der Waals surface area contributed by atoms with Crippen LogP contribution in [0.5, 0.6) is 0 Å². The summed E-state index contributed by atoms with van der Waals surface area (Å²) in [7, 11) is -3.56. The van der Waals surface area contributed by atoms with Gasteiger partial charge in [0, 0.05) is 25.8 Å². The molecule has 8 nitrogen and oxygen atoms in total. The molecule has 1 aromatic heterocycles. The summed E-state index contributed by atoms with van der Waals surface area (Å²) in [4.78, 5) is 12.8. The molecule has 150 valence electrons. The Morgan fingerprint density at radius 1 is 1.29 bits per heavy atom. The lowest BCUT2D eigenvalue weighted by molar-refractivity contribution is 0.0730. The second-order valence-corrected chi connectivity index (χ2v) is 8.94. The molecule has 1 saturated heterocycles. The highest BCUT2D eigenvalue weighted by molar-refractivity contribution is 7.89. The summed E-state index contributed by atoms with van der Waals surface area (Å²) in [5.41, 5.74) is 2.32. The Balaban J connectivity index is 1.55. The molecule has 1 atom stereocenters. The van der Waals surface area contributed by atoms with Crippen LogP contribution in [0.15, 0.2) is 35.4 Å². The van der Waals surface area contributed by atoms with Gasteiger partial charge in [0.05, 0.1) is 24.2 Å². The van der Waals surface area contributed by atoms with Gasteiger partial charge in [0.25, 0.3) is 5.91 Å². The molecule has 0 saturated carbocycles. The quantitative estimate of drug-likeness (QED) is 0.812. The molecule has 0 spiro atoms. The third-order valence-corrected chi connectivity index (χ3v) is 7.20. The molecule has 2 heterocycles. The number of ether oxygens (including phenoxy) is 1. The first-order chi connectivity index (χ1) is 13.5.